The maximum absolute atomic E-state index is 13.3. The van der Waals surface area contributed by atoms with Crippen LogP contribution in [-0.4, -0.2) is 13.2 Å². The third-order valence-electron chi connectivity index (χ3n) is 3.02. The van der Waals surface area contributed by atoms with Gasteiger partial charge in [0.25, 0.3) is 0 Å². The Bertz CT molecular complexity index is 372. The second-order valence-corrected chi connectivity index (χ2v) is 4.51. The van der Waals surface area contributed by atoms with E-state index in [-0.39, 0.29) is 17.0 Å². The molecule has 0 bridgehead atoms. The van der Waals surface area contributed by atoms with Gasteiger partial charge in [0.05, 0.1) is 11.1 Å². The van der Waals surface area contributed by atoms with Crippen molar-refractivity contribution in [2.45, 2.75) is 18.9 Å². The first kappa shape index (κ1) is 11.8. The first-order chi connectivity index (χ1) is 7.72. The lowest BCUT2D eigenvalue weighted by atomic mass is 9.89. The summed E-state index contributed by atoms with van der Waals surface area (Å²) in [6.45, 7) is 1.28. The molecular formula is C12H15ClFNO. The Kier molecular flexibility index (Phi) is 3.79. The maximum Gasteiger partial charge on any atom is 0.142 e. The number of rotatable bonds is 2. The standard InChI is InChI=1S/C12H15ClFNO/c13-10-4-3-8(6-11(10)14)12-9(7-15)2-1-5-16-12/h3-4,6,9,12H,1-2,5,7,15H2. The van der Waals surface area contributed by atoms with Gasteiger partial charge < -0.3 is 10.5 Å². The summed E-state index contributed by atoms with van der Waals surface area (Å²) in [7, 11) is 0. The van der Waals surface area contributed by atoms with Crippen molar-refractivity contribution in [3.63, 3.8) is 0 Å². The molecular weight excluding hydrogens is 229 g/mol. The monoisotopic (exact) mass is 243 g/mol. The highest BCUT2D eigenvalue weighted by molar-refractivity contribution is 6.30. The molecule has 0 aromatic heterocycles. The molecule has 1 saturated heterocycles. The molecule has 16 heavy (non-hydrogen) atoms. The summed E-state index contributed by atoms with van der Waals surface area (Å²) in [5, 5.41) is 0.142. The topological polar surface area (TPSA) is 35.2 Å². The van der Waals surface area contributed by atoms with Crippen molar-refractivity contribution in [1.82, 2.24) is 0 Å². The highest BCUT2D eigenvalue weighted by Crippen LogP contribution is 2.34. The first-order valence-corrected chi connectivity index (χ1v) is 5.87. The van der Waals surface area contributed by atoms with Crippen molar-refractivity contribution in [3.8, 4) is 0 Å². The predicted octanol–water partition coefficient (Wildman–Crippen LogP) is 2.91. The summed E-state index contributed by atoms with van der Waals surface area (Å²) >= 11 is 5.65. The van der Waals surface area contributed by atoms with Gasteiger partial charge in [0.1, 0.15) is 5.82 Å². The molecule has 88 valence electrons. The fraction of sp³-hybridized carbons (Fsp3) is 0.500. The van der Waals surface area contributed by atoms with Crippen molar-refractivity contribution < 1.29 is 9.13 Å². The van der Waals surface area contributed by atoms with Crippen LogP contribution in [0.25, 0.3) is 0 Å². The molecule has 2 atom stereocenters. The van der Waals surface area contributed by atoms with Crippen LogP contribution in [0.15, 0.2) is 18.2 Å². The maximum atomic E-state index is 13.3. The van der Waals surface area contributed by atoms with Crippen LogP contribution in [-0.2, 0) is 4.74 Å². The fourth-order valence-corrected chi connectivity index (χ4v) is 2.26. The van der Waals surface area contributed by atoms with Crippen molar-refractivity contribution >= 4 is 11.6 Å². The molecule has 4 heteroatoms. The molecule has 1 aliphatic rings. The second kappa shape index (κ2) is 5.13. The smallest absolute Gasteiger partial charge is 0.142 e. The molecule has 1 heterocycles. The van der Waals surface area contributed by atoms with Gasteiger partial charge in [-0.1, -0.05) is 17.7 Å². The zero-order chi connectivity index (χ0) is 11.5. The third kappa shape index (κ3) is 2.37. The molecule has 0 saturated carbocycles. The Labute approximate surface area is 99.5 Å². The first-order valence-electron chi connectivity index (χ1n) is 5.49. The van der Waals surface area contributed by atoms with Gasteiger partial charge in [0.2, 0.25) is 0 Å². The summed E-state index contributed by atoms with van der Waals surface area (Å²) in [5.74, 6) is -0.126. The van der Waals surface area contributed by atoms with Crippen molar-refractivity contribution in [2.24, 2.45) is 11.7 Å². The van der Waals surface area contributed by atoms with Crippen molar-refractivity contribution in [3.05, 3.63) is 34.6 Å². The van der Waals surface area contributed by atoms with Crippen LogP contribution in [0, 0.1) is 11.7 Å². The Morgan fingerprint density at radius 3 is 3.00 bits per heavy atom. The Morgan fingerprint density at radius 1 is 1.50 bits per heavy atom. The number of benzene rings is 1. The zero-order valence-corrected chi connectivity index (χ0v) is 9.71. The highest BCUT2D eigenvalue weighted by Gasteiger charge is 2.26. The molecule has 2 rings (SSSR count). The van der Waals surface area contributed by atoms with Gasteiger partial charge in [0.15, 0.2) is 0 Å². The summed E-state index contributed by atoms with van der Waals surface area (Å²) in [6.07, 6.45) is 1.96. The van der Waals surface area contributed by atoms with Gasteiger partial charge in [-0.3, -0.25) is 0 Å². The molecule has 0 radical (unpaired) electrons. The van der Waals surface area contributed by atoms with Crippen molar-refractivity contribution in [2.75, 3.05) is 13.2 Å². The van der Waals surface area contributed by atoms with Crippen LogP contribution < -0.4 is 5.73 Å². The lowest BCUT2D eigenvalue weighted by Crippen LogP contribution is -2.28. The van der Waals surface area contributed by atoms with E-state index in [1.165, 1.54) is 6.07 Å². The van der Waals surface area contributed by atoms with E-state index in [2.05, 4.69) is 0 Å². The van der Waals surface area contributed by atoms with E-state index < -0.39 is 5.82 Å². The van der Waals surface area contributed by atoms with Crippen LogP contribution in [0.2, 0.25) is 5.02 Å². The molecule has 0 amide bonds. The predicted molar refractivity (Wildman–Crippen MR) is 61.9 cm³/mol. The van der Waals surface area contributed by atoms with E-state index in [4.69, 9.17) is 22.1 Å². The Balaban J connectivity index is 2.23. The van der Waals surface area contributed by atoms with Crippen molar-refractivity contribution in [1.29, 1.82) is 0 Å². The molecule has 1 aliphatic heterocycles. The van der Waals surface area contributed by atoms with Crippen LogP contribution in [0.4, 0.5) is 4.39 Å². The number of halogens is 2. The molecule has 2 nitrogen and oxygen atoms in total. The van der Waals surface area contributed by atoms with Gasteiger partial charge in [-0.15, -0.1) is 0 Å². The van der Waals surface area contributed by atoms with Gasteiger partial charge in [-0.2, -0.15) is 0 Å². The molecule has 0 spiro atoms. The fourth-order valence-electron chi connectivity index (χ4n) is 2.14. The molecule has 2 N–H and O–H groups in total. The highest BCUT2D eigenvalue weighted by atomic mass is 35.5. The minimum absolute atomic E-state index is 0.0921. The normalized spacial score (nSPS) is 25.7. The van der Waals surface area contributed by atoms with E-state index in [1.54, 1.807) is 6.07 Å². The quantitative estimate of drug-likeness (QED) is 0.867. The number of hydrogen-bond donors (Lipinski definition) is 1. The lowest BCUT2D eigenvalue weighted by molar-refractivity contribution is -0.0253. The molecule has 1 fully saturated rings. The van der Waals surface area contributed by atoms with Crippen LogP contribution in [0.1, 0.15) is 24.5 Å². The van der Waals surface area contributed by atoms with E-state index >= 15 is 0 Å². The Hall–Kier alpha value is -0.640. The molecule has 0 aliphatic carbocycles. The molecule has 1 aromatic rings. The van der Waals surface area contributed by atoms with Crippen LogP contribution >= 0.6 is 11.6 Å². The van der Waals surface area contributed by atoms with Crippen LogP contribution in [0.3, 0.4) is 0 Å². The van der Waals surface area contributed by atoms with Gasteiger partial charge in [-0.25, -0.2) is 4.39 Å². The largest absolute Gasteiger partial charge is 0.373 e. The average Bonchev–Trinajstić information content (AvgIpc) is 2.32. The van der Waals surface area contributed by atoms with E-state index in [1.807, 2.05) is 6.07 Å². The van der Waals surface area contributed by atoms with Crippen LogP contribution in [0.5, 0.6) is 0 Å². The minimum Gasteiger partial charge on any atom is -0.373 e. The van der Waals surface area contributed by atoms with E-state index in [9.17, 15) is 4.39 Å². The number of ether oxygens (including phenoxy) is 1. The van der Waals surface area contributed by atoms with E-state index in [0.29, 0.717) is 13.2 Å². The molecule has 1 aromatic carbocycles. The molecule has 2 unspecified atom stereocenters. The summed E-state index contributed by atoms with van der Waals surface area (Å²) in [4.78, 5) is 0. The third-order valence-corrected chi connectivity index (χ3v) is 3.33. The summed E-state index contributed by atoms with van der Waals surface area (Å²) in [6, 6.07) is 4.82. The average molecular weight is 244 g/mol. The van der Waals surface area contributed by atoms with Gasteiger partial charge in [0, 0.05) is 12.5 Å². The number of hydrogen-bond acceptors (Lipinski definition) is 2. The van der Waals surface area contributed by atoms with Gasteiger partial charge in [-0.05, 0) is 37.1 Å². The van der Waals surface area contributed by atoms with Gasteiger partial charge >= 0.3 is 0 Å². The second-order valence-electron chi connectivity index (χ2n) is 4.10. The summed E-state index contributed by atoms with van der Waals surface area (Å²) < 4.78 is 19.0. The van der Waals surface area contributed by atoms with E-state index in [0.717, 1.165) is 18.4 Å². The lowest BCUT2D eigenvalue weighted by Gasteiger charge is -2.31. The minimum atomic E-state index is -0.399. The Morgan fingerprint density at radius 2 is 2.31 bits per heavy atom. The summed E-state index contributed by atoms with van der Waals surface area (Å²) in [5.41, 5.74) is 6.53. The SMILES string of the molecule is NCC1CCCOC1c1ccc(Cl)c(F)c1. The number of nitrogens with two attached hydrogens (primary N) is 1. The zero-order valence-electron chi connectivity index (χ0n) is 8.96.